The molecule has 2 aliphatic heterocycles. The van der Waals surface area contributed by atoms with Gasteiger partial charge in [0.25, 0.3) is 5.91 Å². The normalized spacial score (nSPS) is 20.5. The van der Waals surface area contributed by atoms with Gasteiger partial charge in [-0.3, -0.25) is 14.7 Å². The summed E-state index contributed by atoms with van der Waals surface area (Å²) < 4.78 is 7.60. The summed E-state index contributed by atoms with van der Waals surface area (Å²) in [5.74, 6) is -0.188. The van der Waals surface area contributed by atoms with Crippen LogP contribution in [0.15, 0.2) is 55.2 Å². The van der Waals surface area contributed by atoms with Gasteiger partial charge in [-0.15, -0.1) is 0 Å². The number of ether oxygens (including phenoxy) is 1. The average Bonchev–Trinajstić information content (AvgIpc) is 3.51. The summed E-state index contributed by atoms with van der Waals surface area (Å²) >= 11 is 0. The van der Waals surface area contributed by atoms with Crippen LogP contribution in [0.25, 0.3) is 11.3 Å². The Labute approximate surface area is 173 Å². The lowest BCUT2D eigenvalue weighted by Crippen LogP contribution is -2.45. The molecule has 1 unspecified atom stereocenters. The third kappa shape index (κ3) is 3.28. The van der Waals surface area contributed by atoms with E-state index in [4.69, 9.17) is 4.74 Å². The maximum atomic E-state index is 13.2. The number of esters is 1. The van der Waals surface area contributed by atoms with Crippen molar-refractivity contribution in [1.29, 1.82) is 0 Å². The summed E-state index contributed by atoms with van der Waals surface area (Å²) in [6.07, 6.45) is 8.69. The molecule has 30 heavy (non-hydrogen) atoms. The number of benzene rings is 1. The number of carbonyl (C=O) groups is 2. The number of nitrogens with one attached hydrogen (secondary N) is 1. The molecule has 0 bridgehead atoms. The third-order valence-electron chi connectivity index (χ3n) is 6.24. The van der Waals surface area contributed by atoms with Gasteiger partial charge < -0.3 is 14.2 Å². The lowest BCUT2D eigenvalue weighted by atomic mass is 9.76. The number of imidazole rings is 1. The molecule has 5 rings (SSSR count). The minimum absolute atomic E-state index is 0.0567. The van der Waals surface area contributed by atoms with Gasteiger partial charge in [0.2, 0.25) is 0 Å². The van der Waals surface area contributed by atoms with Crippen molar-refractivity contribution >= 4 is 11.9 Å². The smallest absolute Gasteiger partial charge is 0.312 e. The second-order valence-electron chi connectivity index (χ2n) is 8.09. The molecule has 1 aromatic carbocycles. The number of cyclic esters (lactones) is 1. The number of hydrogen-bond acceptors (Lipinski definition) is 5. The summed E-state index contributed by atoms with van der Waals surface area (Å²) in [6.45, 7) is 1.68. The largest absolute Gasteiger partial charge is 0.460 e. The molecular formula is C22H23N5O3. The molecule has 8 heteroatoms. The van der Waals surface area contributed by atoms with E-state index in [0.29, 0.717) is 44.5 Å². The number of hydrogen-bond donors (Lipinski definition) is 1. The minimum atomic E-state index is -0.485. The van der Waals surface area contributed by atoms with E-state index in [2.05, 4.69) is 15.2 Å². The molecule has 1 spiro atoms. The van der Waals surface area contributed by atoms with E-state index in [1.54, 1.807) is 18.7 Å². The summed E-state index contributed by atoms with van der Waals surface area (Å²) in [6, 6.07) is 9.70. The van der Waals surface area contributed by atoms with Gasteiger partial charge in [0.1, 0.15) is 6.10 Å². The van der Waals surface area contributed by atoms with Crippen LogP contribution in [0, 0.1) is 5.41 Å². The highest BCUT2D eigenvalue weighted by Crippen LogP contribution is 2.43. The summed E-state index contributed by atoms with van der Waals surface area (Å²) in [4.78, 5) is 31.7. The van der Waals surface area contributed by atoms with Crippen molar-refractivity contribution in [2.75, 3.05) is 13.1 Å². The Balaban J connectivity index is 1.26. The van der Waals surface area contributed by atoms with Crippen LogP contribution in [0.1, 0.15) is 29.6 Å². The highest BCUT2D eigenvalue weighted by molar-refractivity contribution is 6.00. The number of rotatable bonds is 4. The predicted molar refractivity (Wildman–Crippen MR) is 108 cm³/mol. The van der Waals surface area contributed by atoms with Gasteiger partial charge in [0.15, 0.2) is 0 Å². The quantitative estimate of drug-likeness (QED) is 0.673. The highest BCUT2D eigenvalue weighted by atomic mass is 16.6. The Hall–Kier alpha value is -3.42. The van der Waals surface area contributed by atoms with Crippen LogP contribution in [0.4, 0.5) is 0 Å². The van der Waals surface area contributed by atoms with Crippen LogP contribution in [-0.4, -0.2) is 55.7 Å². The number of aromatic amines is 1. The first-order chi connectivity index (χ1) is 14.6. The van der Waals surface area contributed by atoms with E-state index in [9.17, 15) is 9.59 Å². The van der Waals surface area contributed by atoms with Gasteiger partial charge in [-0.25, -0.2) is 4.98 Å². The Morgan fingerprint density at radius 3 is 2.77 bits per heavy atom. The Kier molecular flexibility index (Phi) is 4.61. The van der Waals surface area contributed by atoms with Gasteiger partial charge in [-0.05, 0) is 12.8 Å². The van der Waals surface area contributed by atoms with Crippen LogP contribution < -0.4 is 0 Å². The fraction of sp³-hybridized carbons (Fsp3) is 0.364. The zero-order valence-corrected chi connectivity index (χ0v) is 16.5. The molecule has 1 amide bonds. The first kappa shape index (κ1) is 18.6. The zero-order chi connectivity index (χ0) is 20.6. The lowest BCUT2D eigenvalue weighted by Gasteiger charge is -2.36. The van der Waals surface area contributed by atoms with Gasteiger partial charge >= 0.3 is 5.97 Å². The van der Waals surface area contributed by atoms with Crippen LogP contribution in [0.3, 0.4) is 0 Å². The van der Waals surface area contributed by atoms with Crippen molar-refractivity contribution in [3.05, 3.63) is 60.8 Å². The third-order valence-corrected chi connectivity index (χ3v) is 6.24. The second-order valence-corrected chi connectivity index (χ2v) is 8.09. The van der Waals surface area contributed by atoms with E-state index in [0.717, 1.165) is 11.3 Å². The van der Waals surface area contributed by atoms with Crippen molar-refractivity contribution in [3.8, 4) is 11.3 Å². The van der Waals surface area contributed by atoms with Crippen LogP contribution in [0.2, 0.25) is 0 Å². The van der Waals surface area contributed by atoms with E-state index >= 15 is 0 Å². The average molecular weight is 405 g/mol. The molecule has 0 saturated carbocycles. The van der Waals surface area contributed by atoms with E-state index in [1.807, 2.05) is 46.0 Å². The Morgan fingerprint density at radius 1 is 1.23 bits per heavy atom. The fourth-order valence-electron chi connectivity index (χ4n) is 4.56. The Bertz CT molecular complexity index is 1040. The van der Waals surface area contributed by atoms with Crippen molar-refractivity contribution in [2.45, 2.75) is 31.9 Å². The number of H-pyrrole nitrogens is 1. The van der Waals surface area contributed by atoms with Crippen molar-refractivity contribution in [3.63, 3.8) is 0 Å². The molecule has 8 nitrogen and oxygen atoms in total. The van der Waals surface area contributed by atoms with Gasteiger partial charge in [0, 0.05) is 37.5 Å². The van der Waals surface area contributed by atoms with Gasteiger partial charge in [-0.1, -0.05) is 30.3 Å². The molecule has 2 fully saturated rings. The molecule has 2 saturated heterocycles. The van der Waals surface area contributed by atoms with Crippen molar-refractivity contribution in [1.82, 2.24) is 24.6 Å². The Morgan fingerprint density at radius 2 is 2.03 bits per heavy atom. The minimum Gasteiger partial charge on any atom is -0.460 e. The topological polar surface area (TPSA) is 93.1 Å². The molecule has 4 heterocycles. The number of nitrogens with zero attached hydrogens (tertiary/aromatic N) is 4. The fourth-order valence-corrected chi connectivity index (χ4v) is 4.56. The van der Waals surface area contributed by atoms with Gasteiger partial charge in [0.05, 0.1) is 35.7 Å². The SMILES string of the molecule is O=C(c1cn[nH]c1-c1ccccc1)N1CCC2(CC1)CC(Cn1ccnc1)OC2=O. The number of carbonyl (C=O) groups excluding carboxylic acids is 2. The van der Waals surface area contributed by atoms with E-state index in [1.165, 1.54) is 0 Å². The van der Waals surface area contributed by atoms with E-state index in [-0.39, 0.29) is 18.0 Å². The highest BCUT2D eigenvalue weighted by Gasteiger charge is 2.51. The number of amides is 1. The molecule has 0 radical (unpaired) electrons. The number of aromatic nitrogens is 4. The first-order valence-corrected chi connectivity index (χ1v) is 10.2. The van der Waals surface area contributed by atoms with Crippen molar-refractivity contribution < 1.29 is 14.3 Å². The molecule has 1 N–H and O–H groups in total. The number of likely N-dealkylation sites (tertiary alicyclic amines) is 1. The predicted octanol–water partition coefficient (Wildman–Crippen LogP) is 2.51. The summed E-state index contributed by atoms with van der Waals surface area (Å²) in [5.41, 5.74) is 1.72. The van der Waals surface area contributed by atoms with Crippen LogP contribution in [0.5, 0.6) is 0 Å². The molecule has 1 atom stereocenters. The molecule has 154 valence electrons. The second kappa shape index (κ2) is 7.44. The molecule has 3 aromatic rings. The zero-order valence-electron chi connectivity index (χ0n) is 16.5. The van der Waals surface area contributed by atoms with E-state index < -0.39 is 5.41 Å². The molecular weight excluding hydrogens is 382 g/mol. The summed E-state index contributed by atoms with van der Waals surface area (Å²) in [7, 11) is 0. The lowest BCUT2D eigenvalue weighted by molar-refractivity contribution is -0.150. The molecule has 2 aliphatic rings. The maximum absolute atomic E-state index is 13.2. The molecule has 2 aromatic heterocycles. The van der Waals surface area contributed by atoms with Crippen LogP contribution >= 0.6 is 0 Å². The van der Waals surface area contributed by atoms with Crippen molar-refractivity contribution in [2.24, 2.45) is 5.41 Å². The summed E-state index contributed by atoms with van der Waals surface area (Å²) in [5, 5.41) is 7.03. The number of piperidine rings is 1. The maximum Gasteiger partial charge on any atom is 0.312 e. The first-order valence-electron chi connectivity index (χ1n) is 10.2. The monoisotopic (exact) mass is 405 g/mol. The van der Waals surface area contributed by atoms with Crippen LogP contribution in [-0.2, 0) is 16.1 Å². The molecule has 0 aliphatic carbocycles. The van der Waals surface area contributed by atoms with Gasteiger partial charge in [-0.2, -0.15) is 5.10 Å². The standard InChI is InChI=1S/C22H23N5O3/c28-20(18-13-24-25-19(18)16-4-2-1-3-5-16)27-9-6-22(7-10-27)12-17(30-21(22)29)14-26-11-8-23-15-26/h1-5,8,11,13,15,17H,6-7,9-10,12,14H2,(H,24,25).